The highest BCUT2D eigenvalue weighted by Gasteiger charge is 2.42. The number of hydrogen-bond donors (Lipinski definition) is 3. The van der Waals surface area contributed by atoms with Crippen molar-refractivity contribution in [1.82, 2.24) is 10.6 Å². The van der Waals surface area contributed by atoms with Crippen molar-refractivity contribution in [3.8, 4) is 0 Å². The highest BCUT2D eigenvalue weighted by Crippen LogP contribution is 2.44. The van der Waals surface area contributed by atoms with E-state index in [0.29, 0.717) is 13.1 Å². The Labute approximate surface area is 124 Å². The van der Waals surface area contributed by atoms with Crippen LogP contribution < -0.4 is 10.6 Å². The Bertz CT molecular complexity index is 650. The van der Waals surface area contributed by atoms with Crippen molar-refractivity contribution in [2.75, 3.05) is 13.2 Å². The van der Waals surface area contributed by atoms with Gasteiger partial charge in [-0.2, -0.15) is 0 Å². The summed E-state index contributed by atoms with van der Waals surface area (Å²) in [6, 6.07) is 14.2. The molecular formula is C17H20N2O2. The second kappa shape index (κ2) is 5.74. The fourth-order valence-electron chi connectivity index (χ4n) is 2.43. The van der Waals surface area contributed by atoms with Crippen LogP contribution in [0.25, 0.3) is 10.8 Å². The van der Waals surface area contributed by atoms with Gasteiger partial charge in [-0.25, -0.2) is 4.79 Å². The van der Waals surface area contributed by atoms with Crippen LogP contribution in [0.4, 0.5) is 4.79 Å². The minimum absolute atomic E-state index is 0.0553. The van der Waals surface area contributed by atoms with Gasteiger partial charge in [0.25, 0.3) is 0 Å². The molecule has 21 heavy (non-hydrogen) atoms. The summed E-state index contributed by atoms with van der Waals surface area (Å²) < 4.78 is 0. The largest absolute Gasteiger partial charge is 0.396 e. The maximum Gasteiger partial charge on any atom is 0.315 e. The highest BCUT2D eigenvalue weighted by atomic mass is 16.3. The Hall–Kier alpha value is -2.07. The Balaban J connectivity index is 1.52. The maximum atomic E-state index is 11.8. The van der Waals surface area contributed by atoms with E-state index >= 15 is 0 Å². The first kappa shape index (κ1) is 13.9. The number of rotatable bonds is 5. The minimum atomic E-state index is -0.178. The number of aliphatic hydroxyl groups excluding tert-OH is 1. The predicted molar refractivity (Wildman–Crippen MR) is 82.9 cm³/mol. The third-order valence-electron chi connectivity index (χ3n) is 4.18. The van der Waals surface area contributed by atoms with Gasteiger partial charge in [0.1, 0.15) is 0 Å². The molecule has 0 atom stereocenters. The molecule has 3 N–H and O–H groups in total. The number of benzene rings is 2. The van der Waals surface area contributed by atoms with Gasteiger partial charge in [-0.1, -0.05) is 36.4 Å². The maximum absolute atomic E-state index is 11.8. The van der Waals surface area contributed by atoms with Crippen LogP contribution in [0, 0.1) is 5.41 Å². The molecule has 0 unspecified atom stereocenters. The number of nitrogens with one attached hydrogen (secondary N) is 2. The van der Waals surface area contributed by atoms with Crippen LogP contribution in [0.1, 0.15) is 18.4 Å². The normalized spacial score (nSPS) is 15.7. The molecule has 4 nitrogen and oxygen atoms in total. The molecule has 2 aromatic rings. The Kier molecular flexibility index (Phi) is 3.80. The number of hydrogen-bond acceptors (Lipinski definition) is 2. The van der Waals surface area contributed by atoms with E-state index in [0.717, 1.165) is 18.4 Å². The molecule has 0 spiro atoms. The van der Waals surface area contributed by atoms with Crippen molar-refractivity contribution in [3.63, 3.8) is 0 Å². The van der Waals surface area contributed by atoms with Crippen molar-refractivity contribution in [2.45, 2.75) is 19.4 Å². The van der Waals surface area contributed by atoms with Gasteiger partial charge in [-0.3, -0.25) is 0 Å². The first-order chi connectivity index (χ1) is 10.2. The van der Waals surface area contributed by atoms with E-state index in [-0.39, 0.29) is 18.1 Å². The van der Waals surface area contributed by atoms with Gasteiger partial charge in [-0.05, 0) is 35.2 Å². The third-order valence-corrected chi connectivity index (χ3v) is 4.18. The summed E-state index contributed by atoms with van der Waals surface area (Å²) in [6.45, 7) is 1.20. The fourth-order valence-corrected chi connectivity index (χ4v) is 2.43. The number of carbonyl (C=O) groups is 1. The molecule has 2 amide bonds. The van der Waals surface area contributed by atoms with Crippen molar-refractivity contribution >= 4 is 16.8 Å². The number of urea groups is 1. The Morgan fingerprint density at radius 1 is 1.10 bits per heavy atom. The van der Waals surface area contributed by atoms with Crippen LogP contribution in [0.3, 0.4) is 0 Å². The number of aliphatic hydroxyl groups is 1. The van der Waals surface area contributed by atoms with E-state index in [9.17, 15) is 9.90 Å². The van der Waals surface area contributed by atoms with Crippen LogP contribution in [-0.2, 0) is 6.54 Å². The lowest BCUT2D eigenvalue weighted by Gasteiger charge is -2.13. The zero-order valence-electron chi connectivity index (χ0n) is 11.9. The molecule has 110 valence electrons. The summed E-state index contributed by atoms with van der Waals surface area (Å²) in [7, 11) is 0. The smallest absolute Gasteiger partial charge is 0.315 e. The molecule has 0 aliphatic heterocycles. The molecule has 0 radical (unpaired) electrons. The summed E-state index contributed by atoms with van der Waals surface area (Å²) in [4.78, 5) is 11.8. The lowest BCUT2D eigenvalue weighted by molar-refractivity contribution is 0.203. The first-order valence-corrected chi connectivity index (χ1v) is 7.31. The monoisotopic (exact) mass is 284 g/mol. The van der Waals surface area contributed by atoms with Crippen LogP contribution in [-0.4, -0.2) is 24.3 Å². The van der Waals surface area contributed by atoms with Gasteiger partial charge in [0.05, 0.1) is 6.61 Å². The van der Waals surface area contributed by atoms with E-state index in [1.165, 1.54) is 10.8 Å². The van der Waals surface area contributed by atoms with Gasteiger partial charge in [0, 0.05) is 18.5 Å². The van der Waals surface area contributed by atoms with Gasteiger partial charge < -0.3 is 15.7 Å². The van der Waals surface area contributed by atoms with Crippen molar-refractivity contribution in [2.24, 2.45) is 5.41 Å². The average molecular weight is 284 g/mol. The molecular weight excluding hydrogens is 264 g/mol. The van der Waals surface area contributed by atoms with Gasteiger partial charge in [0.2, 0.25) is 0 Å². The average Bonchev–Trinajstić information content (AvgIpc) is 3.31. The second-order valence-electron chi connectivity index (χ2n) is 5.88. The molecule has 0 bridgehead atoms. The van der Waals surface area contributed by atoms with Crippen LogP contribution in [0.15, 0.2) is 42.5 Å². The molecule has 0 aromatic heterocycles. The summed E-state index contributed by atoms with van der Waals surface area (Å²) in [5.74, 6) is 0. The molecule has 2 aromatic carbocycles. The number of fused-ring (bicyclic) bond motifs is 1. The predicted octanol–water partition coefficient (Wildman–Crippen LogP) is 2.41. The van der Waals surface area contributed by atoms with E-state index in [1.807, 2.05) is 18.2 Å². The fraction of sp³-hybridized carbons (Fsp3) is 0.353. The summed E-state index contributed by atoms with van der Waals surface area (Å²) in [5.41, 5.74) is 1.02. The lowest BCUT2D eigenvalue weighted by atomic mass is 10.1. The lowest BCUT2D eigenvalue weighted by Crippen LogP contribution is -2.39. The topological polar surface area (TPSA) is 61.4 Å². The van der Waals surface area contributed by atoms with E-state index in [4.69, 9.17) is 0 Å². The molecule has 0 saturated heterocycles. The number of amides is 2. The summed E-state index contributed by atoms with van der Waals surface area (Å²) >= 11 is 0. The third kappa shape index (κ3) is 3.34. The molecule has 3 rings (SSSR count). The molecule has 1 aliphatic rings. The van der Waals surface area contributed by atoms with Crippen molar-refractivity contribution in [3.05, 3.63) is 48.0 Å². The Morgan fingerprint density at radius 2 is 1.86 bits per heavy atom. The van der Waals surface area contributed by atoms with Gasteiger partial charge >= 0.3 is 6.03 Å². The van der Waals surface area contributed by atoms with Gasteiger partial charge in [0.15, 0.2) is 0 Å². The zero-order chi connectivity index (χ0) is 14.7. The highest BCUT2D eigenvalue weighted by molar-refractivity contribution is 5.83. The Morgan fingerprint density at radius 3 is 2.57 bits per heavy atom. The zero-order valence-corrected chi connectivity index (χ0v) is 11.9. The standard InChI is InChI=1S/C17H20N2O2/c20-12-17(7-8-17)11-19-16(21)18-10-13-5-6-14-3-1-2-4-15(14)9-13/h1-6,9,20H,7-8,10-12H2,(H2,18,19,21). The molecule has 4 heteroatoms. The SMILES string of the molecule is O=C(NCc1ccc2ccccc2c1)NCC1(CO)CC1. The van der Waals surface area contributed by atoms with Crippen LogP contribution in [0.5, 0.6) is 0 Å². The molecule has 0 heterocycles. The molecule has 1 aliphatic carbocycles. The summed E-state index contributed by atoms with van der Waals surface area (Å²) in [5, 5.41) is 17.3. The van der Waals surface area contributed by atoms with E-state index < -0.39 is 0 Å². The van der Waals surface area contributed by atoms with Crippen LogP contribution >= 0.6 is 0 Å². The molecule has 1 fully saturated rings. The van der Waals surface area contributed by atoms with Gasteiger partial charge in [-0.15, -0.1) is 0 Å². The second-order valence-corrected chi connectivity index (χ2v) is 5.88. The van der Waals surface area contributed by atoms with E-state index in [2.05, 4.69) is 34.9 Å². The van der Waals surface area contributed by atoms with Crippen molar-refractivity contribution in [1.29, 1.82) is 0 Å². The summed E-state index contributed by atoms with van der Waals surface area (Å²) in [6.07, 6.45) is 1.99. The molecule has 1 saturated carbocycles. The minimum Gasteiger partial charge on any atom is -0.396 e. The first-order valence-electron chi connectivity index (χ1n) is 7.31. The quantitative estimate of drug-likeness (QED) is 0.789. The number of carbonyl (C=O) groups excluding carboxylic acids is 1. The van der Waals surface area contributed by atoms with E-state index in [1.54, 1.807) is 0 Å². The van der Waals surface area contributed by atoms with Crippen molar-refractivity contribution < 1.29 is 9.90 Å². The van der Waals surface area contributed by atoms with Crippen LogP contribution in [0.2, 0.25) is 0 Å².